The van der Waals surface area contributed by atoms with Crippen LogP contribution in [-0.4, -0.2) is 63.2 Å². The molecule has 0 unspecified atom stereocenters. The van der Waals surface area contributed by atoms with Crippen molar-refractivity contribution in [2.75, 3.05) is 62.9 Å². The number of pyridine rings is 1. The van der Waals surface area contributed by atoms with Gasteiger partial charge in [0.2, 0.25) is 0 Å². The van der Waals surface area contributed by atoms with E-state index in [0.29, 0.717) is 11.4 Å². The van der Waals surface area contributed by atoms with Crippen LogP contribution in [0.3, 0.4) is 0 Å². The van der Waals surface area contributed by atoms with Gasteiger partial charge in [-0.3, -0.25) is 4.79 Å². The van der Waals surface area contributed by atoms with E-state index in [-0.39, 0.29) is 5.91 Å². The van der Waals surface area contributed by atoms with Crippen molar-refractivity contribution in [3.8, 4) is 5.75 Å². The van der Waals surface area contributed by atoms with E-state index in [4.69, 9.17) is 4.74 Å². The minimum atomic E-state index is -0.122. The zero-order valence-electron chi connectivity index (χ0n) is 19.3. The average molecular weight is 447 g/mol. The molecule has 0 radical (unpaired) electrons. The standard InChI is InChI=1S/C25H30N6O2/c1-26-25(32)18-5-4-6-19(15-18)28-20-9-10-27-24(16-20)29-22-8-7-21(17-23(22)33-3)31-13-11-30(2)12-14-31/h4-10,15-17H,11-14H2,1-3H3,(H,26,32)(H2,27,28,29). The van der Waals surface area contributed by atoms with Crippen LogP contribution in [0, 0.1) is 0 Å². The molecule has 1 amide bonds. The van der Waals surface area contributed by atoms with Gasteiger partial charge >= 0.3 is 0 Å². The summed E-state index contributed by atoms with van der Waals surface area (Å²) in [5.41, 5.74) is 4.28. The molecule has 3 aromatic rings. The van der Waals surface area contributed by atoms with Crippen LogP contribution in [-0.2, 0) is 0 Å². The van der Waals surface area contributed by atoms with Gasteiger partial charge in [0.05, 0.1) is 12.8 Å². The molecule has 33 heavy (non-hydrogen) atoms. The number of hydrogen-bond acceptors (Lipinski definition) is 7. The predicted molar refractivity (Wildman–Crippen MR) is 133 cm³/mol. The predicted octanol–water partition coefficient (Wildman–Crippen LogP) is 3.69. The zero-order chi connectivity index (χ0) is 23.2. The molecule has 2 aromatic carbocycles. The van der Waals surface area contributed by atoms with E-state index >= 15 is 0 Å². The number of anilines is 5. The minimum absolute atomic E-state index is 0.122. The molecule has 0 saturated carbocycles. The number of carbonyl (C=O) groups is 1. The highest BCUT2D eigenvalue weighted by Gasteiger charge is 2.16. The van der Waals surface area contributed by atoms with Crippen molar-refractivity contribution in [3.05, 3.63) is 66.4 Å². The van der Waals surface area contributed by atoms with Gasteiger partial charge < -0.3 is 30.5 Å². The van der Waals surface area contributed by atoms with E-state index in [0.717, 1.165) is 54.7 Å². The van der Waals surface area contributed by atoms with Crippen LogP contribution < -0.4 is 25.6 Å². The Morgan fingerprint density at radius 2 is 1.76 bits per heavy atom. The van der Waals surface area contributed by atoms with Gasteiger partial charge in [0.1, 0.15) is 11.6 Å². The molecular weight excluding hydrogens is 416 g/mol. The molecule has 0 atom stereocenters. The number of piperazine rings is 1. The van der Waals surface area contributed by atoms with Crippen LogP contribution in [0.4, 0.5) is 28.6 Å². The first-order valence-corrected chi connectivity index (χ1v) is 11.0. The van der Waals surface area contributed by atoms with Crippen LogP contribution in [0.1, 0.15) is 10.4 Å². The summed E-state index contributed by atoms with van der Waals surface area (Å²) in [4.78, 5) is 21.1. The number of nitrogens with zero attached hydrogens (tertiary/aromatic N) is 3. The van der Waals surface area contributed by atoms with Crippen LogP contribution in [0.15, 0.2) is 60.8 Å². The number of rotatable bonds is 7. The second-order valence-corrected chi connectivity index (χ2v) is 8.01. The molecule has 3 N–H and O–H groups in total. The third kappa shape index (κ3) is 5.53. The van der Waals surface area contributed by atoms with Gasteiger partial charge in [0.15, 0.2) is 0 Å². The minimum Gasteiger partial charge on any atom is -0.494 e. The normalized spacial score (nSPS) is 14.0. The van der Waals surface area contributed by atoms with Crippen LogP contribution in [0.5, 0.6) is 5.75 Å². The maximum absolute atomic E-state index is 11.9. The van der Waals surface area contributed by atoms with E-state index in [9.17, 15) is 4.79 Å². The Hall–Kier alpha value is -3.78. The van der Waals surface area contributed by atoms with Gasteiger partial charge in [-0.15, -0.1) is 0 Å². The SMILES string of the molecule is CNC(=O)c1cccc(Nc2ccnc(Nc3ccc(N4CCN(C)CC4)cc3OC)c2)c1. The third-order valence-electron chi connectivity index (χ3n) is 5.72. The highest BCUT2D eigenvalue weighted by molar-refractivity contribution is 5.95. The van der Waals surface area contributed by atoms with Crippen LogP contribution in [0.2, 0.25) is 0 Å². The van der Waals surface area contributed by atoms with Gasteiger partial charge in [0.25, 0.3) is 5.91 Å². The van der Waals surface area contributed by atoms with E-state index < -0.39 is 0 Å². The summed E-state index contributed by atoms with van der Waals surface area (Å²) in [5, 5.41) is 9.33. The lowest BCUT2D eigenvalue weighted by molar-refractivity contribution is 0.0963. The molecule has 0 spiro atoms. The molecule has 4 rings (SSSR count). The Morgan fingerprint density at radius 1 is 0.970 bits per heavy atom. The van der Waals surface area contributed by atoms with Crippen molar-refractivity contribution in [1.82, 2.24) is 15.2 Å². The molecule has 1 fully saturated rings. The molecule has 8 heteroatoms. The molecule has 1 aromatic heterocycles. The number of ether oxygens (including phenoxy) is 1. The van der Waals surface area contributed by atoms with Crippen molar-refractivity contribution in [2.24, 2.45) is 0 Å². The van der Waals surface area contributed by atoms with Crippen molar-refractivity contribution in [2.45, 2.75) is 0 Å². The molecule has 1 aliphatic rings. The zero-order valence-corrected chi connectivity index (χ0v) is 19.3. The molecule has 0 bridgehead atoms. The quantitative estimate of drug-likeness (QED) is 0.511. The Labute approximate surface area is 194 Å². The lowest BCUT2D eigenvalue weighted by Gasteiger charge is -2.34. The lowest BCUT2D eigenvalue weighted by Crippen LogP contribution is -2.44. The Kier molecular flexibility index (Phi) is 6.95. The summed E-state index contributed by atoms with van der Waals surface area (Å²) in [6, 6.07) is 17.4. The third-order valence-corrected chi connectivity index (χ3v) is 5.72. The summed E-state index contributed by atoms with van der Waals surface area (Å²) in [7, 11) is 5.45. The number of nitrogens with one attached hydrogen (secondary N) is 3. The number of likely N-dealkylation sites (N-methyl/N-ethyl adjacent to an activating group) is 1. The Bertz CT molecular complexity index is 1110. The second-order valence-electron chi connectivity index (χ2n) is 8.01. The summed E-state index contributed by atoms with van der Waals surface area (Å²) >= 11 is 0. The monoisotopic (exact) mass is 446 g/mol. The number of amides is 1. The van der Waals surface area contributed by atoms with Crippen molar-refractivity contribution < 1.29 is 9.53 Å². The van der Waals surface area contributed by atoms with Gasteiger partial charge in [-0.1, -0.05) is 6.07 Å². The Morgan fingerprint density at radius 3 is 2.52 bits per heavy atom. The van der Waals surface area contributed by atoms with Crippen molar-refractivity contribution in [1.29, 1.82) is 0 Å². The van der Waals surface area contributed by atoms with E-state index in [1.165, 1.54) is 0 Å². The van der Waals surface area contributed by atoms with Crippen molar-refractivity contribution in [3.63, 3.8) is 0 Å². The maximum Gasteiger partial charge on any atom is 0.251 e. The van der Waals surface area contributed by atoms with Crippen LogP contribution >= 0.6 is 0 Å². The second kappa shape index (κ2) is 10.2. The average Bonchev–Trinajstić information content (AvgIpc) is 2.84. The highest BCUT2D eigenvalue weighted by Crippen LogP contribution is 2.32. The molecule has 8 nitrogen and oxygen atoms in total. The molecule has 1 saturated heterocycles. The van der Waals surface area contributed by atoms with E-state index in [1.54, 1.807) is 26.4 Å². The topological polar surface area (TPSA) is 81.8 Å². The molecule has 1 aliphatic heterocycles. The maximum atomic E-state index is 11.9. The molecule has 172 valence electrons. The summed E-state index contributed by atoms with van der Waals surface area (Å²) in [6.45, 7) is 4.11. The van der Waals surface area contributed by atoms with Gasteiger partial charge in [-0.05, 0) is 43.4 Å². The first-order valence-electron chi connectivity index (χ1n) is 11.0. The van der Waals surface area contributed by atoms with E-state index in [1.807, 2.05) is 36.4 Å². The fraction of sp³-hybridized carbons (Fsp3) is 0.280. The summed E-state index contributed by atoms with van der Waals surface area (Å²) < 4.78 is 5.66. The number of carbonyl (C=O) groups excluding carboxylic acids is 1. The largest absolute Gasteiger partial charge is 0.494 e. The summed E-state index contributed by atoms with van der Waals surface area (Å²) in [6.07, 6.45) is 1.73. The molecular formula is C25H30N6O2. The smallest absolute Gasteiger partial charge is 0.251 e. The number of benzene rings is 2. The number of aromatic nitrogens is 1. The number of methoxy groups -OCH3 is 1. The fourth-order valence-corrected chi connectivity index (χ4v) is 3.81. The Balaban J connectivity index is 1.48. The lowest BCUT2D eigenvalue weighted by atomic mass is 10.2. The van der Waals surface area contributed by atoms with Gasteiger partial charge in [-0.25, -0.2) is 4.98 Å². The van der Waals surface area contributed by atoms with Gasteiger partial charge in [-0.2, -0.15) is 0 Å². The van der Waals surface area contributed by atoms with Crippen molar-refractivity contribution >= 4 is 34.5 Å². The molecule has 2 heterocycles. The summed E-state index contributed by atoms with van der Waals surface area (Å²) in [5.74, 6) is 1.33. The van der Waals surface area contributed by atoms with Crippen LogP contribution in [0.25, 0.3) is 0 Å². The highest BCUT2D eigenvalue weighted by atomic mass is 16.5. The fourth-order valence-electron chi connectivity index (χ4n) is 3.81. The first kappa shape index (κ1) is 22.4. The van der Waals surface area contributed by atoms with Gasteiger partial charge in [0, 0.05) is 74.2 Å². The number of hydrogen-bond donors (Lipinski definition) is 3. The van der Waals surface area contributed by atoms with E-state index in [2.05, 4.69) is 49.9 Å². The molecule has 0 aliphatic carbocycles. The first-order chi connectivity index (χ1) is 16.1.